The number of halogens is 1. The standard InChI is InChI=1S/C14H18ClNO3S/c1-9(11-4-5-12(15)20-11)14(19)16-6-2-3-10(8-16)7-13(17)18/h4-5,9-10H,2-3,6-8H2,1H3,(H,17,18). The molecule has 1 N–H and O–H groups in total. The first-order valence-electron chi connectivity index (χ1n) is 6.73. The summed E-state index contributed by atoms with van der Waals surface area (Å²) in [5.41, 5.74) is 0. The minimum absolute atomic E-state index is 0.0682. The van der Waals surface area contributed by atoms with Crippen molar-refractivity contribution >= 4 is 34.8 Å². The monoisotopic (exact) mass is 315 g/mol. The van der Waals surface area contributed by atoms with Crippen molar-refractivity contribution in [2.45, 2.75) is 32.1 Å². The molecule has 1 saturated heterocycles. The number of carbonyl (C=O) groups is 2. The second-order valence-electron chi connectivity index (χ2n) is 5.25. The van der Waals surface area contributed by atoms with E-state index >= 15 is 0 Å². The molecular weight excluding hydrogens is 298 g/mol. The second-order valence-corrected chi connectivity index (χ2v) is 7.00. The highest BCUT2D eigenvalue weighted by Gasteiger charge is 2.29. The van der Waals surface area contributed by atoms with E-state index in [0.717, 1.165) is 24.3 Å². The lowest BCUT2D eigenvalue weighted by Gasteiger charge is -2.33. The molecule has 0 bridgehead atoms. The second kappa shape index (κ2) is 6.59. The fraction of sp³-hybridized carbons (Fsp3) is 0.571. The van der Waals surface area contributed by atoms with Gasteiger partial charge in [0.25, 0.3) is 0 Å². The van der Waals surface area contributed by atoms with Crippen LogP contribution < -0.4 is 0 Å². The molecule has 1 fully saturated rings. The van der Waals surface area contributed by atoms with Crippen molar-refractivity contribution in [2.24, 2.45) is 5.92 Å². The van der Waals surface area contributed by atoms with Gasteiger partial charge in [0.15, 0.2) is 0 Å². The number of rotatable bonds is 4. The van der Waals surface area contributed by atoms with Gasteiger partial charge in [-0.25, -0.2) is 0 Å². The van der Waals surface area contributed by atoms with Crippen molar-refractivity contribution in [3.63, 3.8) is 0 Å². The maximum atomic E-state index is 12.5. The van der Waals surface area contributed by atoms with Crippen molar-refractivity contribution in [2.75, 3.05) is 13.1 Å². The quantitative estimate of drug-likeness (QED) is 0.928. The van der Waals surface area contributed by atoms with E-state index in [1.54, 1.807) is 11.0 Å². The third-order valence-corrected chi connectivity index (χ3v) is 5.10. The highest BCUT2D eigenvalue weighted by Crippen LogP contribution is 2.30. The molecule has 0 radical (unpaired) electrons. The number of hydrogen-bond acceptors (Lipinski definition) is 3. The van der Waals surface area contributed by atoms with Crippen molar-refractivity contribution in [1.29, 1.82) is 0 Å². The van der Waals surface area contributed by atoms with Gasteiger partial charge in [0, 0.05) is 24.4 Å². The molecule has 2 rings (SSSR count). The minimum Gasteiger partial charge on any atom is -0.481 e. The first-order valence-corrected chi connectivity index (χ1v) is 7.92. The van der Waals surface area contributed by atoms with Crippen molar-refractivity contribution in [1.82, 2.24) is 4.90 Å². The summed E-state index contributed by atoms with van der Waals surface area (Å²) >= 11 is 7.33. The van der Waals surface area contributed by atoms with Gasteiger partial charge in [-0.05, 0) is 37.8 Å². The first-order chi connectivity index (χ1) is 9.47. The molecule has 0 saturated carbocycles. The molecule has 0 spiro atoms. The molecule has 2 unspecified atom stereocenters. The Labute approximate surface area is 127 Å². The number of carboxylic acids is 1. The van der Waals surface area contributed by atoms with Crippen molar-refractivity contribution in [3.8, 4) is 0 Å². The average molecular weight is 316 g/mol. The van der Waals surface area contributed by atoms with Gasteiger partial charge in [0.1, 0.15) is 0 Å². The van der Waals surface area contributed by atoms with Gasteiger partial charge in [0.2, 0.25) is 5.91 Å². The lowest BCUT2D eigenvalue weighted by atomic mass is 9.94. The minimum atomic E-state index is -0.789. The van der Waals surface area contributed by atoms with E-state index in [4.69, 9.17) is 16.7 Å². The maximum Gasteiger partial charge on any atom is 0.303 e. The molecule has 1 aromatic heterocycles. The number of hydrogen-bond donors (Lipinski definition) is 1. The zero-order valence-corrected chi connectivity index (χ0v) is 12.9. The normalized spacial score (nSPS) is 20.7. The fourth-order valence-corrected chi connectivity index (χ4v) is 3.74. The summed E-state index contributed by atoms with van der Waals surface area (Å²) in [7, 11) is 0. The van der Waals surface area contributed by atoms with Crippen LogP contribution in [0.5, 0.6) is 0 Å². The molecule has 1 aromatic rings. The topological polar surface area (TPSA) is 57.6 Å². The molecule has 20 heavy (non-hydrogen) atoms. The Morgan fingerprint density at radius 1 is 1.55 bits per heavy atom. The Morgan fingerprint density at radius 2 is 2.30 bits per heavy atom. The van der Waals surface area contributed by atoms with E-state index < -0.39 is 5.97 Å². The lowest BCUT2D eigenvalue weighted by Crippen LogP contribution is -2.42. The van der Waals surface area contributed by atoms with Gasteiger partial charge in [0.05, 0.1) is 10.3 Å². The summed E-state index contributed by atoms with van der Waals surface area (Å²) in [5, 5.41) is 8.86. The van der Waals surface area contributed by atoms with Gasteiger partial charge in [-0.2, -0.15) is 0 Å². The number of nitrogens with zero attached hydrogens (tertiary/aromatic N) is 1. The third-order valence-electron chi connectivity index (χ3n) is 3.69. The Balaban J connectivity index is 1.99. The molecule has 2 heterocycles. The highest BCUT2D eigenvalue weighted by molar-refractivity contribution is 7.16. The number of piperidine rings is 1. The highest BCUT2D eigenvalue weighted by atomic mass is 35.5. The molecule has 1 amide bonds. The van der Waals surface area contributed by atoms with Gasteiger partial charge < -0.3 is 10.0 Å². The van der Waals surface area contributed by atoms with Crippen LogP contribution in [-0.4, -0.2) is 35.0 Å². The Bertz CT molecular complexity index is 502. The third kappa shape index (κ3) is 3.73. The predicted octanol–water partition coefficient (Wildman–Crippen LogP) is 3.22. The number of carboxylic acid groups (broad SMARTS) is 1. The van der Waals surface area contributed by atoms with Gasteiger partial charge in [-0.15, -0.1) is 11.3 Å². The lowest BCUT2D eigenvalue weighted by molar-refractivity contribution is -0.141. The summed E-state index contributed by atoms with van der Waals surface area (Å²) in [6, 6.07) is 3.68. The molecule has 0 aromatic carbocycles. The van der Waals surface area contributed by atoms with Crippen molar-refractivity contribution in [3.05, 3.63) is 21.3 Å². The number of carbonyl (C=O) groups excluding carboxylic acids is 1. The molecule has 0 aliphatic carbocycles. The smallest absolute Gasteiger partial charge is 0.303 e. The summed E-state index contributed by atoms with van der Waals surface area (Å²) in [6.45, 7) is 3.15. The molecule has 1 aliphatic rings. The Kier molecular flexibility index (Phi) is 5.05. The van der Waals surface area contributed by atoms with E-state index in [2.05, 4.69) is 0 Å². The number of thiophene rings is 1. The molecule has 1 aliphatic heterocycles. The van der Waals surface area contributed by atoms with Crippen LogP contribution >= 0.6 is 22.9 Å². The van der Waals surface area contributed by atoms with Crippen LogP contribution in [0, 0.1) is 5.92 Å². The van der Waals surface area contributed by atoms with Crippen LogP contribution in [0.15, 0.2) is 12.1 Å². The van der Waals surface area contributed by atoms with Crippen LogP contribution in [0.2, 0.25) is 4.34 Å². The molecule has 4 nitrogen and oxygen atoms in total. The van der Waals surface area contributed by atoms with E-state index in [1.807, 2.05) is 13.0 Å². The van der Waals surface area contributed by atoms with Crippen LogP contribution in [0.3, 0.4) is 0 Å². The molecule has 2 atom stereocenters. The Morgan fingerprint density at radius 3 is 2.90 bits per heavy atom. The zero-order chi connectivity index (χ0) is 14.7. The van der Waals surface area contributed by atoms with Crippen LogP contribution in [0.25, 0.3) is 0 Å². The van der Waals surface area contributed by atoms with E-state index in [-0.39, 0.29) is 24.2 Å². The van der Waals surface area contributed by atoms with E-state index in [1.165, 1.54) is 11.3 Å². The largest absolute Gasteiger partial charge is 0.481 e. The predicted molar refractivity (Wildman–Crippen MR) is 79.3 cm³/mol. The zero-order valence-electron chi connectivity index (χ0n) is 11.3. The van der Waals surface area contributed by atoms with Gasteiger partial charge in [-0.1, -0.05) is 11.6 Å². The Hall–Kier alpha value is -1.07. The molecular formula is C14H18ClNO3S. The summed E-state index contributed by atoms with van der Waals surface area (Å²) in [6.07, 6.45) is 1.90. The average Bonchev–Trinajstić information content (AvgIpc) is 2.83. The number of amides is 1. The first kappa shape index (κ1) is 15.3. The van der Waals surface area contributed by atoms with Crippen LogP contribution in [0.1, 0.15) is 37.0 Å². The molecule has 110 valence electrons. The summed E-state index contributed by atoms with van der Waals surface area (Å²) in [5.74, 6) is -0.860. The van der Waals surface area contributed by atoms with Crippen molar-refractivity contribution < 1.29 is 14.7 Å². The number of likely N-dealkylation sites (tertiary alicyclic amines) is 1. The fourth-order valence-electron chi connectivity index (χ4n) is 2.64. The SMILES string of the molecule is CC(C(=O)N1CCCC(CC(=O)O)C1)c1ccc(Cl)s1. The van der Waals surface area contributed by atoms with Crippen LogP contribution in [-0.2, 0) is 9.59 Å². The maximum absolute atomic E-state index is 12.5. The van der Waals surface area contributed by atoms with Gasteiger partial charge in [-0.3, -0.25) is 9.59 Å². The summed E-state index contributed by atoms with van der Waals surface area (Å²) < 4.78 is 0.682. The van der Waals surface area contributed by atoms with Gasteiger partial charge >= 0.3 is 5.97 Å². The summed E-state index contributed by atoms with van der Waals surface area (Å²) in [4.78, 5) is 26.0. The molecule has 6 heteroatoms. The van der Waals surface area contributed by atoms with E-state index in [9.17, 15) is 9.59 Å². The van der Waals surface area contributed by atoms with Crippen LogP contribution in [0.4, 0.5) is 0 Å². The van der Waals surface area contributed by atoms with E-state index in [0.29, 0.717) is 10.9 Å². The number of aliphatic carboxylic acids is 1.